The Hall–Kier alpha value is -0.950. The molecule has 1 fully saturated rings. The van der Waals surface area contributed by atoms with Crippen molar-refractivity contribution in [1.82, 2.24) is 10.6 Å². The third-order valence-corrected chi connectivity index (χ3v) is 3.24. The van der Waals surface area contributed by atoms with Gasteiger partial charge in [0.05, 0.1) is 19.2 Å². The van der Waals surface area contributed by atoms with Crippen LogP contribution in [0.15, 0.2) is 0 Å². The standard InChI is InChI=1S/C14H26F2N2O3/c1-13(2,3)21-12(20)18-9-14(15,16)8-17-10-4-6-11(19)7-5-10/h10-11,17,19H,4-9H2,1-3H3,(H,18,20). The Bertz CT molecular complexity index is 338. The second kappa shape index (κ2) is 7.35. The Balaban J connectivity index is 2.25. The lowest BCUT2D eigenvalue weighted by molar-refractivity contribution is -0.00768. The smallest absolute Gasteiger partial charge is 0.407 e. The number of hydrogen-bond acceptors (Lipinski definition) is 4. The summed E-state index contributed by atoms with van der Waals surface area (Å²) >= 11 is 0. The van der Waals surface area contributed by atoms with E-state index in [1.54, 1.807) is 20.8 Å². The average molecular weight is 308 g/mol. The highest BCUT2D eigenvalue weighted by atomic mass is 19.3. The van der Waals surface area contributed by atoms with Gasteiger partial charge in [-0.3, -0.25) is 0 Å². The maximum absolute atomic E-state index is 13.7. The first kappa shape index (κ1) is 18.1. The number of carbonyl (C=O) groups is 1. The maximum atomic E-state index is 13.7. The Kier molecular flexibility index (Phi) is 6.34. The van der Waals surface area contributed by atoms with Gasteiger partial charge in [-0.05, 0) is 46.5 Å². The lowest BCUT2D eigenvalue weighted by Crippen LogP contribution is -2.47. The van der Waals surface area contributed by atoms with E-state index >= 15 is 0 Å². The van der Waals surface area contributed by atoms with E-state index in [0.29, 0.717) is 25.7 Å². The molecular formula is C14H26F2N2O3. The number of carbonyl (C=O) groups excluding carboxylic acids is 1. The number of amides is 1. The molecule has 0 aromatic rings. The van der Waals surface area contributed by atoms with E-state index in [4.69, 9.17) is 4.74 Å². The zero-order chi connectivity index (χ0) is 16.1. The van der Waals surface area contributed by atoms with Gasteiger partial charge in [-0.15, -0.1) is 0 Å². The number of rotatable bonds is 5. The van der Waals surface area contributed by atoms with E-state index in [-0.39, 0.29) is 12.1 Å². The number of alkyl carbamates (subject to hydrolysis) is 1. The van der Waals surface area contributed by atoms with Gasteiger partial charge in [0.1, 0.15) is 5.60 Å². The third-order valence-electron chi connectivity index (χ3n) is 3.24. The molecule has 0 radical (unpaired) electrons. The van der Waals surface area contributed by atoms with Crippen LogP contribution in [-0.2, 0) is 4.74 Å². The highest BCUT2D eigenvalue weighted by Crippen LogP contribution is 2.19. The van der Waals surface area contributed by atoms with Gasteiger partial charge in [0, 0.05) is 6.04 Å². The summed E-state index contributed by atoms with van der Waals surface area (Å²) in [6, 6.07) is 0.000742. The van der Waals surface area contributed by atoms with Crippen molar-refractivity contribution in [2.45, 2.75) is 70.1 Å². The van der Waals surface area contributed by atoms with Crippen molar-refractivity contribution < 1.29 is 23.4 Å². The molecule has 1 amide bonds. The van der Waals surface area contributed by atoms with E-state index in [0.717, 1.165) is 0 Å². The summed E-state index contributed by atoms with van der Waals surface area (Å²) < 4.78 is 32.2. The molecular weight excluding hydrogens is 282 g/mol. The number of alkyl halides is 2. The maximum Gasteiger partial charge on any atom is 0.407 e. The molecule has 1 aliphatic rings. The zero-order valence-corrected chi connectivity index (χ0v) is 12.9. The summed E-state index contributed by atoms with van der Waals surface area (Å²) in [4.78, 5) is 11.3. The summed E-state index contributed by atoms with van der Waals surface area (Å²) in [5.41, 5.74) is -0.708. The highest BCUT2D eigenvalue weighted by Gasteiger charge is 2.31. The molecule has 0 bridgehead atoms. The van der Waals surface area contributed by atoms with Gasteiger partial charge in [-0.1, -0.05) is 0 Å². The van der Waals surface area contributed by atoms with E-state index in [9.17, 15) is 18.7 Å². The van der Waals surface area contributed by atoms with E-state index in [1.165, 1.54) is 0 Å². The second-order valence-electron chi connectivity index (χ2n) is 6.60. The van der Waals surface area contributed by atoms with Crippen LogP contribution in [0.25, 0.3) is 0 Å². The highest BCUT2D eigenvalue weighted by molar-refractivity contribution is 5.67. The summed E-state index contributed by atoms with van der Waals surface area (Å²) in [6.07, 6.45) is 1.51. The van der Waals surface area contributed by atoms with Crippen molar-refractivity contribution in [2.75, 3.05) is 13.1 Å². The lowest BCUT2D eigenvalue weighted by Gasteiger charge is -2.28. The molecule has 1 saturated carbocycles. The molecule has 21 heavy (non-hydrogen) atoms. The molecule has 1 rings (SSSR count). The molecule has 3 N–H and O–H groups in total. The Morgan fingerprint density at radius 3 is 2.29 bits per heavy atom. The molecule has 0 saturated heterocycles. The minimum absolute atomic E-state index is 0.000742. The molecule has 7 heteroatoms. The van der Waals surface area contributed by atoms with Crippen LogP contribution in [0.5, 0.6) is 0 Å². The topological polar surface area (TPSA) is 70.6 Å². The quantitative estimate of drug-likeness (QED) is 0.727. The van der Waals surface area contributed by atoms with Crippen LogP contribution >= 0.6 is 0 Å². The zero-order valence-electron chi connectivity index (χ0n) is 12.9. The predicted molar refractivity (Wildman–Crippen MR) is 75.4 cm³/mol. The first-order valence-electron chi connectivity index (χ1n) is 7.33. The van der Waals surface area contributed by atoms with Gasteiger partial charge in [0.2, 0.25) is 0 Å². The number of ether oxygens (including phenoxy) is 1. The fourth-order valence-corrected chi connectivity index (χ4v) is 2.15. The number of nitrogens with one attached hydrogen (secondary N) is 2. The fourth-order valence-electron chi connectivity index (χ4n) is 2.15. The minimum atomic E-state index is -3.03. The van der Waals surface area contributed by atoms with Crippen LogP contribution in [0.1, 0.15) is 46.5 Å². The molecule has 5 nitrogen and oxygen atoms in total. The molecule has 124 valence electrons. The normalized spacial score (nSPS) is 23.7. The molecule has 0 aromatic heterocycles. The van der Waals surface area contributed by atoms with Crippen molar-refractivity contribution in [3.63, 3.8) is 0 Å². The first-order valence-corrected chi connectivity index (χ1v) is 7.33. The predicted octanol–water partition coefficient (Wildman–Crippen LogP) is 2.04. The Labute approximate surface area is 124 Å². The van der Waals surface area contributed by atoms with Crippen molar-refractivity contribution in [1.29, 1.82) is 0 Å². The largest absolute Gasteiger partial charge is 0.444 e. The van der Waals surface area contributed by atoms with Crippen LogP contribution in [0.4, 0.5) is 13.6 Å². The number of aliphatic hydroxyl groups is 1. The molecule has 0 unspecified atom stereocenters. The molecule has 0 spiro atoms. The first-order chi connectivity index (χ1) is 9.57. The van der Waals surface area contributed by atoms with Crippen molar-refractivity contribution in [3.8, 4) is 0 Å². The van der Waals surface area contributed by atoms with Gasteiger partial charge in [0.15, 0.2) is 0 Å². The fraction of sp³-hybridized carbons (Fsp3) is 0.929. The lowest BCUT2D eigenvalue weighted by atomic mass is 9.93. The van der Waals surface area contributed by atoms with Crippen molar-refractivity contribution in [2.24, 2.45) is 0 Å². The van der Waals surface area contributed by atoms with Crippen LogP contribution in [0, 0.1) is 0 Å². The van der Waals surface area contributed by atoms with Crippen LogP contribution in [-0.4, -0.2) is 48.0 Å². The average Bonchev–Trinajstić information content (AvgIpc) is 2.34. The Morgan fingerprint density at radius 1 is 1.19 bits per heavy atom. The number of aliphatic hydroxyl groups excluding tert-OH is 1. The van der Waals surface area contributed by atoms with Crippen LogP contribution in [0.3, 0.4) is 0 Å². The van der Waals surface area contributed by atoms with Crippen LogP contribution in [0.2, 0.25) is 0 Å². The summed E-state index contributed by atoms with van der Waals surface area (Å²) in [5, 5.41) is 14.2. The Morgan fingerprint density at radius 2 is 1.76 bits per heavy atom. The van der Waals surface area contributed by atoms with Crippen LogP contribution < -0.4 is 10.6 Å². The molecule has 1 aliphatic carbocycles. The van der Waals surface area contributed by atoms with E-state index < -0.39 is 30.7 Å². The van der Waals surface area contributed by atoms with E-state index in [1.807, 2.05) is 0 Å². The summed E-state index contributed by atoms with van der Waals surface area (Å²) in [7, 11) is 0. The van der Waals surface area contributed by atoms with Gasteiger partial charge in [-0.2, -0.15) is 0 Å². The molecule has 0 atom stereocenters. The molecule has 0 aromatic carbocycles. The second-order valence-corrected chi connectivity index (χ2v) is 6.60. The van der Waals surface area contributed by atoms with Gasteiger partial charge < -0.3 is 20.5 Å². The summed E-state index contributed by atoms with van der Waals surface area (Å²) in [5.74, 6) is -3.03. The SMILES string of the molecule is CC(C)(C)OC(=O)NCC(F)(F)CNC1CCC(O)CC1. The van der Waals surface area contributed by atoms with E-state index in [2.05, 4.69) is 10.6 Å². The number of hydrogen-bond donors (Lipinski definition) is 3. The van der Waals surface area contributed by atoms with Crippen molar-refractivity contribution in [3.05, 3.63) is 0 Å². The van der Waals surface area contributed by atoms with Gasteiger partial charge >= 0.3 is 6.09 Å². The monoisotopic (exact) mass is 308 g/mol. The van der Waals surface area contributed by atoms with Gasteiger partial charge in [0.25, 0.3) is 5.92 Å². The number of halogens is 2. The summed E-state index contributed by atoms with van der Waals surface area (Å²) in [6.45, 7) is 3.76. The van der Waals surface area contributed by atoms with Crippen molar-refractivity contribution >= 4 is 6.09 Å². The molecule has 0 aliphatic heterocycles. The molecule has 0 heterocycles. The van der Waals surface area contributed by atoms with Gasteiger partial charge in [-0.25, -0.2) is 13.6 Å². The third kappa shape index (κ3) is 8.16. The minimum Gasteiger partial charge on any atom is -0.444 e.